The van der Waals surface area contributed by atoms with E-state index in [1.165, 1.54) is 32.1 Å². The van der Waals surface area contributed by atoms with Crippen LogP contribution >= 0.6 is 0 Å². The van der Waals surface area contributed by atoms with Crippen LogP contribution in [0, 0.1) is 5.92 Å². The molecule has 1 aliphatic rings. The molecular weight excluding hydrogens is 164 g/mol. The Labute approximate surface area is 80.7 Å². The number of cyclic esters (lactones) is 1. The van der Waals surface area contributed by atoms with E-state index < -0.39 is 0 Å². The molecule has 0 aromatic rings. The van der Waals surface area contributed by atoms with E-state index in [1.54, 1.807) is 0 Å². The van der Waals surface area contributed by atoms with E-state index in [4.69, 9.17) is 4.74 Å². The normalized spacial score (nSPS) is 27.5. The number of hydrogen-bond acceptors (Lipinski definition) is 2. The van der Waals surface area contributed by atoms with Crippen molar-refractivity contribution < 1.29 is 9.53 Å². The molecule has 0 radical (unpaired) electrons. The maximum atomic E-state index is 11.2. The Kier molecular flexibility index (Phi) is 4.87. The molecular formula is C11H20O2. The van der Waals surface area contributed by atoms with E-state index in [0.717, 1.165) is 6.42 Å². The highest BCUT2D eigenvalue weighted by Gasteiger charge is 2.10. The monoisotopic (exact) mass is 184 g/mol. The molecule has 13 heavy (non-hydrogen) atoms. The average Bonchev–Trinajstić information content (AvgIpc) is 2.11. The SMILES string of the molecule is CC1CCCCCCCOC(=O)C1. The Balaban J connectivity index is 2.29. The maximum Gasteiger partial charge on any atom is 0.306 e. The van der Waals surface area contributed by atoms with Gasteiger partial charge in [-0.3, -0.25) is 4.79 Å². The fourth-order valence-corrected chi connectivity index (χ4v) is 1.76. The molecule has 0 N–H and O–H groups in total. The molecule has 1 heterocycles. The molecule has 1 saturated heterocycles. The second kappa shape index (κ2) is 6.01. The summed E-state index contributed by atoms with van der Waals surface area (Å²) in [4.78, 5) is 11.2. The number of carbonyl (C=O) groups excluding carboxylic acids is 1. The van der Waals surface area contributed by atoms with Gasteiger partial charge in [-0.2, -0.15) is 0 Å². The van der Waals surface area contributed by atoms with Crippen LogP contribution in [0.15, 0.2) is 0 Å². The molecule has 0 bridgehead atoms. The van der Waals surface area contributed by atoms with Crippen molar-refractivity contribution in [2.45, 2.75) is 51.9 Å². The van der Waals surface area contributed by atoms with Crippen LogP contribution in [-0.2, 0) is 9.53 Å². The molecule has 2 nitrogen and oxygen atoms in total. The molecule has 1 fully saturated rings. The summed E-state index contributed by atoms with van der Waals surface area (Å²) in [6, 6.07) is 0. The first-order valence-corrected chi connectivity index (χ1v) is 5.44. The minimum atomic E-state index is -0.00519. The molecule has 0 aliphatic carbocycles. The van der Waals surface area contributed by atoms with Crippen LogP contribution in [0.3, 0.4) is 0 Å². The van der Waals surface area contributed by atoms with Gasteiger partial charge in [0.2, 0.25) is 0 Å². The number of ether oxygens (including phenoxy) is 1. The lowest BCUT2D eigenvalue weighted by atomic mass is 10.00. The highest BCUT2D eigenvalue weighted by Crippen LogP contribution is 2.16. The van der Waals surface area contributed by atoms with Crippen molar-refractivity contribution in [2.24, 2.45) is 5.92 Å². The smallest absolute Gasteiger partial charge is 0.306 e. The van der Waals surface area contributed by atoms with Gasteiger partial charge in [0.05, 0.1) is 6.61 Å². The quantitative estimate of drug-likeness (QED) is 0.541. The van der Waals surface area contributed by atoms with E-state index in [9.17, 15) is 4.79 Å². The van der Waals surface area contributed by atoms with Crippen molar-refractivity contribution in [3.63, 3.8) is 0 Å². The van der Waals surface area contributed by atoms with Crippen LogP contribution in [0.5, 0.6) is 0 Å². The van der Waals surface area contributed by atoms with Gasteiger partial charge in [0.25, 0.3) is 0 Å². The lowest BCUT2D eigenvalue weighted by molar-refractivity contribution is -0.144. The highest BCUT2D eigenvalue weighted by molar-refractivity contribution is 5.69. The van der Waals surface area contributed by atoms with Crippen molar-refractivity contribution in [2.75, 3.05) is 6.61 Å². The van der Waals surface area contributed by atoms with Crippen molar-refractivity contribution >= 4 is 5.97 Å². The molecule has 0 saturated carbocycles. The second-order valence-corrected chi connectivity index (χ2v) is 4.09. The third kappa shape index (κ3) is 4.91. The van der Waals surface area contributed by atoms with Crippen LogP contribution < -0.4 is 0 Å². The summed E-state index contributed by atoms with van der Waals surface area (Å²) in [5.41, 5.74) is 0. The fourth-order valence-electron chi connectivity index (χ4n) is 1.76. The van der Waals surface area contributed by atoms with Crippen molar-refractivity contribution in [1.29, 1.82) is 0 Å². The van der Waals surface area contributed by atoms with E-state index in [-0.39, 0.29) is 5.97 Å². The third-order valence-corrected chi connectivity index (χ3v) is 2.62. The van der Waals surface area contributed by atoms with Crippen LogP contribution in [0.1, 0.15) is 51.9 Å². The summed E-state index contributed by atoms with van der Waals surface area (Å²) < 4.78 is 5.11. The summed E-state index contributed by atoms with van der Waals surface area (Å²) in [6.07, 6.45) is 7.92. The standard InChI is InChI=1S/C11H20O2/c1-10-7-5-3-2-4-6-8-13-11(12)9-10/h10H,2-9H2,1H3. The minimum absolute atomic E-state index is 0.00519. The van der Waals surface area contributed by atoms with Crippen LogP contribution in [0.25, 0.3) is 0 Å². The van der Waals surface area contributed by atoms with Gasteiger partial charge in [-0.25, -0.2) is 0 Å². The zero-order chi connectivity index (χ0) is 9.52. The van der Waals surface area contributed by atoms with Crippen molar-refractivity contribution in [3.05, 3.63) is 0 Å². The lowest BCUT2D eigenvalue weighted by Gasteiger charge is -2.08. The number of carbonyl (C=O) groups is 1. The third-order valence-electron chi connectivity index (χ3n) is 2.62. The lowest BCUT2D eigenvalue weighted by Crippen LogP contribution is -2.09. The molecule has 0 aromatic carbocycles. The van der Waals surface area contributed by atoms with Crippen LogP contribution in [0.2, 0.25) is 0 Å². The molecule has 0 aromatic heterocycles. The molecule has 76 valence electrons. The van der Waals surface area contributed by atoms with Gasteiger partial charge >= 0.3 is 5.97 Å². The fraction of sp³-hybridized carbons (Fsp3) is 0.909. The highest BCUT2D eigenvalue weighted by atomic mass is 16.5. The molecule has 1 rings (SSSR count). The summed E-state index contributed by atoms with van der Waals surface area (Å²) in [5, 5.41) is 0. The van der Waals surface area contributed by atoms with Gasteiger partial charge in [0.1, 0.15) is 0 Å². The maximum absolute atomic E-state index is 11.2. The average molecular weight is 184 g/mol. The first kappa shape index (κ1) is 10.6. The summed E-state index contributed by atoms with van der Waals surface area (Å²) in [5.74, 6) is 0.500. The van der Waals surface area contributed by atoms with Crippen molar-refractivity contribution in [1.82, 2.24) is 0 Å². The van der Waals surface area contributed by atoms with Gasteiger partial charge in [-0.1, -0.05) is 39.0 Å². The zero-order valence-electron chi connectivity index (χ0n) is 8.55. The van der Waals surface area contributed by atoms with E-state index in [2.05, 4.69) is 6.92 Å². The summed E-state index contributed by atoms with van der Waals surface area (Å²) in [6.45, 7) is 2.77. The molecule has 2 heteroatoms. The van der Waals surface area contributed by atoms with E-state index in [1.807, 2.05) is 0 Å². The van der Waals surface area contributed by atoms with E-state index >= 15 is 0 Å². The summed E-state index contributed by atoms with van der Waals surface area (Å²) in [7, 11) is 0. The molecule has 1 atom stereocenters. The first-order valence-electron chi connectivity index (χ1n) is 5.44. The van der Waals surface area contributed by atoms with Crippen molar-refractivity contribution in [3.8, 4) is 0 Å². The predicted octanol–water partition coefficient (Wildman–Crippen LogP) is 2.91. The largest absolute Gasteiger partial charge is 0.466 e. The zero-order valence-corrected chi connectivity index (χ0v) is 8.55. The minimum Gasteiger partial charge on any atom is -0.466 e. The van der Waals surface area contributed by atoms with E-state index in [0.29, 0.717) is 18.9 Å². The Morgan fingerprint density at radius 3 is 2.69 bits per heavy atom. The van der Waals surface area contributed by atoms with Gasteiger partial charge in [0, 0.05) is 6.42 Å². The molecule has 1 aliphatic heterocycles. The molecule has 1 unspecified atom stereocenters. The van der Waals surface area contributed by atoms with Gasteiger partial charge in [-0.05, 0) is 12.3 Å². The Morgan fingerprint density at radius 1 is 1.15 bits per heavy atom. The molecule has 0 amide bonds. The summed E-state index contributed by atoms with van der Waals surface area (Å²) >= 11 is 0. The van der Waals surface area contributed by atoms with Crippen LogP contribution in [0.4, 0.5) is 0 Å². The van der Waals surface area contributed by atoms with Gasteiger partial charge < -0.3 is 4.74 Å². The topological polar surface area (TPSA) is 26.3 Å². The van der Waals surface area contributed by atoms with Gasteiger partial charge in [0.15, 0.2) is 0 Å². The number of hydrogen-bond donors (Lipinski definition) is 0. The number of esters is 1. The van der Waals surface area contributed by atoms with Gasteiger partial charge in [-0.15, -0.1) is 0 Å². The molecule has 0 spiro atoms. The Morgan fingerprint density at radius 2 is 1.85 bits per heavy atom. The second-order valence-electron chi connectivity index (χ2n) is 4.09. The first-order chi connectivity index (χ1) is 6.29. The Hall–Kier alpha value is -0.530. The Bertz CT molecular complexity index is 154. The predicted molar refractivity (Wildman–Crippen MR) is 52.4 cm³/mol. The van der Waals surface area contributed by atoms with Crippen LogP contribution in [-0.4, -0.2) is 12.6 Å². The number of rotatable bonds is 0.